The lowest BCUT2D eigenvalue weighted by atomic mass is 10.0. The number of ether oxygens (including phenoxy) is 2. The number of hydrogen-bond donors (Lipinski definition) is 4. The fourth-order valence-electron chi connectivity index (χ4n) is 8.43. The molecule has 0 bridgehead atoms. The number of rotatable bonds is 11. The van der Waals surface area contributed by atoms with E-state index in [0.717, 1.165) is 22.3 Å². The molecular weight excluding hydrogens is 807 g/mol. The number of benzene rings is 2. The van der Waals surface area contributed by atoms with Crippen molar-refractivity contribution in [2.75, 3.05) is 14.2 Å². The van der Waals surface area contributed by atoms with Gasteiger partial charge in [0.2, 0.25) is 11.8 Å². The number of nitrogens with zero attached hydrogens (tertiary/aromatic N) is 4. The molecule has 2 unspecified atom stereocenters. The molecule has 2 aromatic carbocycles. The van der Waals surface area contributed by atoms with Crippen LogP contribution in [0.2, 0.25) is 10.3 Å². The predicted molar refractivity (Wildman–Crippen MR) is 231 cm³/mol. The molecule has 0 spiro atoms. The van der Waals surface area contributed by atoms with E-state index in [-0.39, 0.29) is 59.7 Å². The van der Waals surface area contributed by atoms with Gasteiger partial charge in [0.1, 0.15) is 45.4 Å². The van der Waals surface area contributed by atoms with Crippen molar-refractivity contribution < 1.29 is 28.7 Å². The van der Waals surface area contributed by atoms with E-state index in [1.54, 1.807) is 0 Å². The summed E-state index contributed by atoms with van der Waals surface area (Å²) in [5, 5.41) is 6.17. The van der Waals surface area contributed by atoms with Crippen molar-refractivity contribution in [1.82, 2.24) is 40.4 Å². The standard InChI is InChI=1S/C44H56Cl2N8O6/c1-21(2)33(49-43(57)59-9)41(55)53-25(7)23(5)19-31(53)39-47-35(37(45)51-39)29-15-11-27(12-16-29)28-13-17-30(18-14-28)36-38(46)52-40(48-36)32-20-24(6)26(8)54(32)42(56)34(22(3)4)50-44(58)60-10/h11-18,21-26,31-34H,19-20H2,1-10H3,(H,47,51)(H,48,52)(H,49,57)(H,50,58)/t23?,24?,25-,26-,31+,32+,33+,34+/m1/s1. The molecule has 2 aromatic heterocycles. The maximum absolute atomic E-state index is 14.0. The second-order valence-corrected chi connectivity index (χ2v) is 17.6. The van der Waals surface area contributed by atoms with Gasteiger partial charge in [-0.2, -0.15) is 0 Å². The van der Waals surface area contributed by atoms with Crippen LogP contribution in [0, 0.1) is 23.7 Å². The number of imidazole rings is 2. The van der Waals surface area contributed by atoms with Crippen LogP contribution in [-0.4, -0.2) is 92.1 Å². The number of halogens is 2. The monoisotopic (exact) mass is 862 g/mol. The predicted octanol–water partition coefficient (Wildman–Crippen LogP) is 8.80. The maximum atomic E-state index is 14.0. The lowest BCUT2D eigenvalue weighted by Gasteiger charge is -2.33. The number of aromatic nitrogens is 4. The summed E-state index contributed by atoms with van der Waals surface area (Å²) in [5.41, 5.74) is 4.73. The number of alkyl carbamates (subject to hydrolysis) is 2. The van der Waals surface area contributed by atoms with Gasteiger partial charge in [0.25, 0.3) is 0 Å². The SMILES string of the molecule is COC(=O)N[C@H](C(=O)N1[C@H](C)C(C)C[C@H]1c1nc(-c2ccc(-c3ccc(-c4nc([C@@H]5CC(C)[C@@H](C)N5C(=O)[C@@H](NC(=O)OC)C(C)C)[nH]c4Cl)cc3)cc2)c(Cl)[nH]1)C(C)C. The minimum absolute atomic E-state index is 0.0888. The first-order valence-electron chi connectivity index (χ1n) is 20.5. The molecule has 4 heterocycles. The van der Waals surface area contributed by atoms with Gasteiger partial charge in [-0.25, -0.2) is 19.6 Å². The summed E-state index contributed by atoms with van der Waals surface area (Å²) in [7, 11) is 2.56. The van der Waals surface area contributed by atoms with Gasteiger partial charge in [-0.05, 0) is 61.5 Å². The average molecular weight is 864 g/mol. The molecule has 0 radical (unpaired) electrons. The van der Waals surface area contributed by atoms with Crippen molar-refractivity contribution >= 4 is 47.2 Å². The van der Waals surface area contributed by atoms with Gasteiger partial charge >= 0.3 is 12.2 Å². The van der Waals surface area contributed by atoms with E-state index in [9.17, 15) is 19.2 Å². The molecule has 2 fully saturated rings. The van der Waals surface area contributed by atoms with Crippen molar-refractivity contribution in [2.45, 2.75) is 104 Å². The molecule has 8 atom stereocenters. The highest BCUT2D eigenvalue weighted by molar-refractivity contribution is 6.32. The van der Waals surface area contributed by atoms with Crippen molar-refractivity contribution in [2.24, 2.45) is 23.7 Å². The average Bonchev–Trinajstić information content (AvgIpc) is 3.97. The summed E-state index contributed by atoms with van der Waals surface area (Å²) >= 11 is 13.6. The maximum Gasteiger partial charge on any atom is 0.407 e. The Balaban J connectivity index is 1.19. The normalized spacial score (nSPS) is 22.6. The fourth-order valence-corrected chi connectivity index (χ4v) is 8.93. The number of amides is 4. The fraction of sp³-hybridized carbons (Fsp3) is 0.500. The molecule has 322 valence electrons. The summed E-state index contributed by atoms with van der Waals surface area (Å²) in [6.45, 7) is 15.8. The Morgan fingerprint density at radius 1 is 0.617 bits per heavy atom. The second-order valence-electron chi connectivity index (χ2n) is 16.9. The molecule has 2 aliphatic heterocycles. The first kappa shape index (κ1) is 44.5. The van der Waals surface area contributed by atoms with Crippen LogP contribution in [0.25, 0.3) is 33.6 Å². The zero-order valence-corrected chi connectivity index (χ0v) is 37.3. The molecule has 60 heavy (non-hydrogen) atoms. The molecular formula is C44H56Cl2N8O6. The van der Waals surface area contributed by atoms with Crippen LogP contribution in [-0.2, 0) is 19.1 Å². The van der Waals surface area contributed by atoms with Crippen LogP contribution in [0.15, 0.2) is 48.5 Å². The third kappa shape index (κ3) is 8.86. The highest BCUT2D eigenvalue weighted by atomic mass is 35.5. The van der Waals surface area contributed by atoms with Crippen molar-refractivity contribution in [3.63, 3.8) is 0 Å². The Kier molecular flexibility index (Phi) is 13.5. The quantitative estimate of drug-likeness (QED) is 0.116. The summed E-state index contributed by atoms with van der Waals surface area (Å²) < 4.78 is 9.60. The number of aromatic amines is 2. The molecule has 4 amide bonds. The van der Waals surface area contributed by atoms with Crippen LogP contribution in [0.1, 0.15) is 92.0 Å². The number of H-pyrrole nitrogens is 2. The van der Waals surface area contributed by atoms with Gasteiger partial charge in [-0.3, -0.25) is 9.59 Å². The number of carbonyl (C=O) groups is 4. The smallest absolute Gasteiger partial charge is 0.407 e. The highest BCUT2D eigenvalue weighted by Gasteiger charge is 2.46. The van der Waals surface area contributed by atoms with Crippen molar-refractivity contribution in [3.8, 4) is 33.6 Å². The largest absolute Gasteiger partial charge is 0.453 e. The Labute approximate surface area is 361 Å². The van der Waals surface area contributed by atoms with E-state index in [4.69, 9.17) is 42.6 Å². The molecule has 4 aromatic rings. The molecule has 2 aliphatic rings. The third-order valence-electron chi connectivity index (χ3n) is 12.3. The van der Waals surface area contributed by atoms with Crippen molar-refractivity contribution in [3.05, 3.63) is 70.5 Å². The summed E-state index contributed by atoms with van der Waals surface area (Å²) in [4.78, 5) is 72.1. The minimum atomic E-state index is -0.761. The topological polar surface area (TPSA) is 175 Å². The molecule has 4 N–H and O–H groups in total. The molecule has 0 saturated carbocycles. The molecule has 0 aliphatic carbocycles. The van der Waals surface area contributed by atoms with E-state index < -0.39 is 24.3 Å². The number of hydrogen-bond acceptors (Lipinski definition) is 8. The summed E-state index contributed by atoms with van der Waals surface area (Å²) in [6.07, 6.45) is 0.0606. The van der Waals surface area contributed by atoms with Crippen LogP contribution < -0.4 is 10.6 Å². The Hall–Kier alpha value is -5.08. The van der Waals surface area contributed by atoms with Crippen LogP contribution in [0.4, 0.5) is 9.59 Å². The van der Waals surface area contributed by atoms with E-state index in [0.29, 0.717) is 46.2 Å². The van der Waals surface area contributed by atoms with E-state index in [1.165, 1.54) is 14.2 Å². The Morgan fingerprint density at radius 3 is 1.23 bits per heavy atom. The van der Waals surface area contributed by atoms with Gasteiger partial charge in [-0.1, -0.05) is 113 Å². The van der Waals surface area contributed by atoms with Crippen LogP contribution in [0.5, 0.6) is 0 Å². The Morgan fingerprint density at radius 2 is 0.933 bits per heavy atom. The molecule has 14 nitrogen and oxygen atoms in total. The van der Waals surface area contributed by atoms with Gasteiger partial charge in [0, 0.05) is 23.2 Å². The zero-order chi connectivity index (χ0) is 43.7. The number of carbonyl (C=O) groups excluding carboxylic acids is 4. The zero-order valence-electron chi connectivity index (χ0n) is 35.8. The van der Waals surface area contributed by atoms with Gasteiger partial charge in [0.15, 0.2) is 0 Å². The lowest BCUT2D eigenvalue weighted by Crippen LogP contribution is -2.53. The van der Waals surface area contributed by atoms with Crippen LogP contribution >= 0.6 is 23.2 Å². The first-order valence-corrected chi connectivity index (χ1v) is 21.3. The summed E-state index contributed by atoms with van der Waals surface area (Å²) in [5.74, 6) is 0.845. The van der Waals surface area contributed by atoms with Crippen LogP contribution in [0.3, 0.4) is 0 Å². The second kappa shape index (κ2) is 18.3. The summed E-state index contributed by atoms with van der Waals surface area (Å²) in [6, 6.07) is 13.5. The lowest BCUT2D eigenvalue weighted by molar-refractivity contribution is -0.138. The number of likely N-dealkylation sites (tertiary alicyclic amines) is 2. The molecule has 6 rings (SSSR count). The van der Waals surface area contributed by atoms with Crippen molar-refractivity contribution in [1.29, 1.82) is 0 Å². The van der Waals surface area contributed by atoms with Gasteiger partial charge in [-0.15, -0.1) is 0 Å². The number of methoxy groups -OCH3 is 2. The van der Waals surface area contributed by atoms with E-state index >= 15 is 0 Å². The highest BCUT2D eigenvalue weighted by Crippen LogP contribution is 2.43. The van der Waals surface area contributed by atoms with Gasteiger partial charge < -0.3 is 39.9 Å². The van der Waals surface area contributed by atoms with Gasteiger partial charge in [0.05, 0.1) is 26.3 Å². The molecule has 2 saturated heterocycles. The minimum Gasteiger partial charge on any atom is -0.453 e. The van der Waals surface area contributed by atoms with E-state index in [2.05, 4.69) is 34.4 Å². The molecule has 16 heteroatoms. The number of nitrogens with one attached hydrogen (secondary N) is 4. The Bertz CT molecular complexity index is 2030. The first-order chi connectivity index (χ1) is 28.4. The van der Waals surface area contributed by atoms with E-state index in [1.807, 2.05) is 99.9 Å². The third-order valence-corrected chi connectivity index (χ3v) is 12.9.